The van der Waals surface area contributed by atoms with Crippen LogP contribution in [-0.2, 0) is 42.9 Å². The second kappa shape index (κ2) is 12.3. The third-order valence-electron chi connectivity index (χ3n) is 3.91. The first-order chi connectivity index (χ1) is 13.6. The van der Waals surface area contributed by atoms with Gasteiger partial charge in [-0.1, -0.05) is 0 Å². The van der Waals surface area contributed by atoms with E-state index in [1.54, 1.807) is 0 Å². The van der Waals surface area contributed by atoms with Crippen LogP contribution >= 0.6 is 0 Å². The van der Waals surface area contributed by atoms with Gasteiger partial charge in [-0.2, -0.15) is 0 Å². The van der Waals surface area contributed by atoms with Crippen LogP contribution in [0.5, 0.6) is 0 Å². The highest BCUT2D eigenvalue weighted by atomic mass is 16.7. The van der Waals surface area contributed by atoms with E-state index < -0.39 is 54.5 Å². The summed E-state index contributed by atoms with van der Waals surface area (Å²) in [7, 11) is 0. The van der Waals surface area contributed by atoms with Crippen LogP contribution in [0.2, 0.25) is 0 Å². The maximum atomic E-state index is 11.7. The van der Waals surface area contributed by atoms with Crippen LogP contribution in [0, 0.1) is 0 Å². The second-order valence-corrected chi connectivity index (χ2v) is 6.52. The molecule has 0 aromatic carbocycles. The van der Waals surface area contributed by atoms with Crippen LogP contribution in [0.4, 0.5) is 0 Å². The Balaban J connectivity index is 3.17. The molecule has 0 aromatic heterocycles. The fourth-order valence-electron chi connectivity index (χ4n) is 2.85. The summed E-state index contributed by atoms with van der Waals surface area (Å²) in [5.74, 6) is -2.37. The van der Waals surface area contributed by atoms with Gasteiger partial charge in [0.2, 0.25) is 5.91 Å². The van der Waals surface area contributed by atoms with Crippen molar-refractivity contribution in [2.75, 3.05) is 19.8 Å². The van der Waals surface area contributed by atoms with E-state index in [2.05, 4.69) is 5.32 Å². The lowest BCUT2D eigenvalue weighted by Gasteiger charge is -2.44. The SMILES string of the molecule is CC(=O)NC1C(OCCCCO)OC(COC(C)=O)C(OC(C)=O)C1OC(C)=O. The maximum absolute atomic E-state index is 11.7. The van der Waals surface area contributed by atoms with E-state index in [1.807, 2.05) is 0 Å². The normalized spacial score (nSPS) is 26.3. The van der Waals surface area contributed by atoms with Gasteiger partial charge >= 0.3 is 17.9 Å². The number of aliphatic hydroxyl groups excluding tert-OH is 1. The summed E-state index contributed by atoms with van der Waals surface area (Å²) in [4.78, 5) is 46.2. The lowest BCUT2D eigenvalue weighted by atomic mass is 9.96. The molecule has 29 heavy (non-hydrogen) atoms. The summed E-state index contributed by atoms with van der Waals surface area (Å²) in [6, 6.07) is -0.983. The summed E-state index contributed by atoms with van der Waals surface area (Å²) in [6.45, 7) is 4.70. The van der Waals surface area contributed by atoms with Crippen molar-refractivity contribution in [1.82, 2.24) is 5.32 Å². The Bertz CT molecular complexity index is 581. The Labute approximate surface area is 168 Å². The average Bonchev–Trinajstić information content (AvgIpc) is 2.60. The molecule has 166 valence electrons. The van der Waals surface area contributed by atoms with Gasteiger partial charge in [0.25, 0.3) is 0 Å². The zero-order valence-corrected chi connectivity index (χ0v) is 17.0. The molecule has 0 aromatic rings. The van der Waals surface area contributed by atoms with Crippen molar-refractivity contribution in [3.05, 3.63) is 0 Å². The summed E-state index contributed by atoms with van der Waals surface area (Å²) in [5.41, 5.74) is 0. The average molecular weight is 419 g/mol. The van der Waals surface area contributed by atoms with Gasteiger partial charge in [0.1, 0.15) is 18.8 Å². The molecule has 1 fully saturated rings. The number of rotatable bonds is 10. The lowest BCUT2D eigenvalue weighted by molar-refractivity contribution is -0.277. The van der Waals surface area contributed by atoms with Crippen LogP contribution in [0.1, 0.15) is 40.5 Å². The monoisotopic (exact) mass is 419 g/mol. The third-order valence-corrected chi connectivity index (χ3v) is 3.91. The van der Waals surface area contributed by atoms with Crippen molar-refractivity contribution in [2.45, 2.75) is 71.2 Å². The fourth-order valence-corrected chi connectivity index (χ4v) is 2.85. The lowest BCUT2D eigenvalue weighted by Crippen LogP contribution is -2.66. The van der Waals surface area contributed by atoms with Gasteiger partial charge in [-0.05, 0) is 12.8 Å². The smallest absolute Gasteiger partial charge is 0.303 e. The van der Waals surface area contributed by atoms with Crippen molar-refractivity contribution >= 4 is 23.8 Å². The molecule has 11 nitrogen and oxygen atoms in total. The number of hydrogen-bond acceptors (Lipinski definition) is 10. The standard InChI is InChI=1S/C18H29NO10/c1-10(21)19-15-17(28-13(4)24)16(27-12(3)23)14(9-26-11(2)22)29-18(15)25-8-6-5-7-20/h14-18,20H,5-9H2,1-4H3,(H,19,21). The molecule has 1 saturated heterocycles. The molecule has 5 atom stereocenters. The zero-order chi connectivity index (χ0) is 22.0. The van der Waals surface area contributed by atoms with Crippen molar-refractivity contribution in [1.29, 1.82) is 0 Å². The Morgan fingerprint density at radius 2 is 1.55 bits per heavy atom. The molecule has 0 radical (unpaired) electrons. The zero-order valence-electron chi connectivity index (χ0n) is 17.0. The van der Waals surface area contributed by atoms with Gasteiger partial charge < -0.3 is 34.1 Å². The Hall–Kier alpha value is -2.24. The van der Waals surface area contributed by atoms with Crippen LogP contribution in [0.25, 0.3) is 0 Å². The molecule has 0 saturated carbocycles. The van der Waals surface area contributed by atoms with Gasteiger partial charge in [-0.3, -0.25) is 19.2 Å². The highest BCUT2D eigenvalue weighted by Crippen LogP contribution is 2.28. The number of hydrogen-bond donors (Lipinski definition) is 2. The van der Waals surface area contributed by atoms with Crippen molar-refractivity contribution in [3.63, 3.8) is 0 Å². The maximum Gasteiger partial charge on any atom is 0.303 e. The molecule has 11 heteroatoms. The largest absolute Gasteiger partial charge is 0.463 e. The Kier molecular flexibility index (Phi) is 10.6. The Morgan fingerprint density at radius 1 is 0.931 bits per heavy atom. The first-order valence-corrected chi connectivity index (χ1v) is 9.28. The molecule has 0 spiro atoms. The van der Waals surface area contributed by atoms with Crippen molar-refractivity contribution in [3.8, 4) is 0 Å². The quantitative estimate of drug-likeness (QED) is 0.268. The van der Waals surface area contributed by atoms with Crippen LogP contribution in [0.15, 0.2) is 0 Å². The number of unbranched alkanes of at least 4 members (excludes halogenated alkanes) is 1. The van der Waals surface area contributed by atoms with E-state index >= 15 is 0 Å². The molecular formula is C18H29NO10. The first kappa shape index (κ1) is 24.8. The predicted octanol–water partition coefficient (Wildman–Crippen LogP) is -0.568. The summed E-state index contributed by atoms with van der Waals surface area (Å²) in [5, 5.41) is 11.5. The number of amides is 1. The van der Waals surface area contributed by atoms with Gasteiger partial charge in [0.15, 0.2) is 18.5 Å². The third kappa shape index (κ3) is 8.75. The molecule has 0 bridgehead atoms. The summed E-state index contributed by atoms with van der Waals surface area (Å²) < 4.78 is 27.1. The number of carbonyl (C=O) groups is 4. The molecule has 0 aliphatic carbocycles. The number of ether oxygens (including phenoxy) is 5. The molecule has 1 heterocycles. The van der Waals surface area contributed by atoms with Crippen LogP contribution in [-0.4, -0.2) is 79.4 Å². The number of nitrogens with one attached hydrogen (secondary N) is 1. The molecular weight excluding hydrogens is 390 g/mol. The highest BCUT2D eigenvalue weighted by Gasteiger charge is 2.51. The van der Waals surface area contributed by atoms with Crippen molar-refractivity contribution < 1.29 is 48.0 Å². The van der Waals surface area contributed by atoms with Crippen LogP contribution in [0.3, 0.4) is 0 Å². The van der Waals surface area contributed by atoms with E-state index in [4.69, 9.17) is 28.8 Å². The van der Waals surface area contributed by atoms with Crippen LogP contribution < -0.4 is 5.32 Å². The molecule has 5 unspecified atom stereocenters. The minimum Gasteiger partial charge on any atom is -0.463 e. The predicted molar refractivity (Wildman–Crippen MR) is 96.3 cm³/mol. The number of esters is 3. The molecule has 1 amide bonds. The van der Waals surface area contributed by atoms with E-state index in [0.29, 0.717) is 12.8 Å². The Morgan fingerprint density at radius 3 is 2.07 bits per heavy atom. The topological polar surface area (TPSA) is 147 Å². The summed E-state index contributed by atoms with van der Waals surface area (Å²) >= 11 is 0. The minimum atomic E-state index is -1.15. The highest BCUT2D eigenvalue weighted by molar-refractivity contribution is 5.73. The molecule has 1 aliphatic heterocycles. The van der Waals surface area contributed by atoms with Gasteiger partial charge in [-0.25, -0.2) is 0 Å². The minimum absolute atomic E-state index is 0.0102. The van der Waals surface area contributed by atoms with E-state index in [9.17, 15) is 19.2 Å². The van der Waals surface area contributed by atoms with E-state index in [-0.39, 0.29) is 19.8 Å². The van der Waals surface area contributed by atoms with E-state index in [0.717, 1.165) is 0 Å². The van der Waals surface area contributed by atoms with Gasteiger partial charge in [0.05, 0.1) is 0 Å². The fraction of sp³-hybridized carbons (Fsp3) is 0.778. The van der Waals surface area contributed by atoms with Gasteiger partial charge in [0, 0.05) is 40.9 Å². The molecule has 1 rings (SSSR count). The number of aliphatic hydroxyl groups is 1. The van der Waals surface area contributed by atoms with Crippen molar-refractivity contribution in [2.24, 2.45) is 0 Å². The van der Waals surface area contributed by atoms with E-state index in [1.165, 1.54) is 27.7 Å². The number of carbonyl (C=O) groups excluding carboxylic acids is 4. The second-order valence-electron chi connectivity index (χ2n) is 6.52. The molecule has 1 aliphatic rings. The molecule has 2 N–H and O–H groups in total. The summed E-state index contributed by atoms with van der Waals surface area (Å²) in [6.07, 6.45) is -3.35. The van der Waals surface area contributed by atoms with Gasteiger partial charge in [-0.15, -0.1) is 0 Å². The first-order valence-electron chi connectivity index (χ1n) is 9.28.